The van der Waals surface area contributed by atoms with Crippen molar-refractivity contribution in [2.24, 2.45) is 0 Å². The molecule has 0 aliphatic carbocycles. The number of hydrogen-bond donors (Lipinski definition) is 2. The van der Waals surface area contributed by atoms with E-state index in [2.05, 4.69) is 20.7 Å². The quantitative estimate of drug-likeness (QED) is 0.513. The molecule has 0 bridgehead atoms. The fraction of sp³-hybridized carbons (Fsp3) is 0.143. The van der Waals surface area contributed by atoms with Gasteiger partial charge in [0.1, 0.15) is 6.54 Å². The molecular weight excluding hydrogens is 406 g/mol. The standard InChI is InChI=1S/C21H18F2N6O2/c1-12-3-5-14(6-4-12)26-20-24-13(2)9-18-27-28(21(31)29(18)20)11-19(30)25-15-7-8-16(22)17(23)10-15/h3-10H,11H2,1-2H3,(H,24,26)(H,25,30). The lowest BCUT2D eigenvalue weighted by molar-refractivity contribution is -0.117. The second kappa shape index (κ2) is 7.98. The fourth-order valence-electron chi connectivity index (χ4n) is 3.02. The average molecular weight is 424 g/mol. The molecular formula is C21H18F2N6O2. The number of aryl methyl sites for hydroxylation is 2. The molecule has 0 aliphatic heterocycles. The number of fused-ring (bicyclic) bond motifs is 1. The van der Waals surface area contributed by atoms with E-state index in [1.807, 2.05) is 31.2 Å². The summed E-state index contributed by atoms with van der Waals surface area (Å²) in [6.45, 7) is 3.31. The molecule has 2 heterocycles. The van der Waals surface area contributed by atoms with E-state index in [1.165, 1.54) is 10.5 Å². The van der Waals surface area contributed by atoms with Crippen molar-refractivity contribution in [2.75, 3.05) is 10.6 Å². The molecule has 2 aromatic heterocycles. The Hall–Kier alpha value is -4.08. The van der Waals surface area contributed by atoms with Crippen LogP contribution in [0.3, 0.4) is 0 Å². The molecule has 31 heavy (non-hydrogen) atoms. The van der Waals surface area contributed by atoms with Gasteiger partial charge in [-0.3, -0.25) is 4.79 Å². The van der Waals surface area contributed by atoms with Gasteiger partial charge < -0.3 is 10.6 Å². The van der Waals surface area contributed by atoms with Gasteiger partial charge in [-0.25, -0.2) is 27.6 Å². The van der Waals surface area contributed by atoms with Gasteiger partial charge in [-0.2, -0.15) is 0 Å². The summed E-state index contributed by atoms with van der Waals surface area (Å²) in [7, 11) is 0. The molecule has 0 radical (unpaired) electrons. The predicted molar refractivity (Wildman–Crippen MR) is 111 cm³/mol. The molecule has 4 aromatic rings. The zero-order valence-electron chi connectivity index (χ0n) is 16.7. The number of nitrogens with zero attached hydrogens (tertiary/aromatic N) is 4. The smallest absolute Gasteiger partial charge is 0.325 e. The highest BCUT2D eigenvalue weighted by molar-refractivity contribution is 5.90. The lowest BCUT2D eigenvalue weighted by atomic mass is 10.2. The minimum absolute atomic E-state index is 0.0694. The second-order valence-electron chi connectivity index (χ2n) is 7.02. The maximum atomic E-state index is 13.3. The molecule has 10 heteroatoms. The molecule has 0 fully saturated rings. The van der Waals surface area contributed by atoms with Crippen molar-refractivity contribution in [3.05, 3.63) is 81.9 Å². The molecule has 1 amide bonds. The molecule has 2 N–H and O–H groups in total. The number of halogens is 2. The van der Waals surface area contributed by atoms with Crippen LogP contribution in [0, 0.1) is 25.5 Å². The number of nitrogens with one attached hydrogen (secondary N) is 2. The Morgan fingerprint density at radius 3 is 2.42 bits per heavy atom. The average Bonchev–Trinajstić information content (AvgIpc) is 3.01. The number of anilines is 3. The van der Waals surface area contributed by atoms with Crippen LogP contribution in [0.1, 0.15) is 11.3 Å². The van der Waals surface area contributed by atoms with Crippen molar-refractivity contribution in [3.63, 3.8) is 0 Å². The number of benzene rings is 2. The van der Waals surface area contributed by atoms with E-state index in [0.29, 0.717) is 11.3 Å². The van der Waals surface area contributed by atoms with Gasteiger partial charge in [0.2, 0.25) is 11.9 Å². The van der Waals surface area contributed by atoms with Crippen LogP contribution in [0.5, 0.6) is 0 Å². The maximum Gasteiger partial charge on any atom is 0.353 e. The minimum atomic E-state index is -1.09. The number of aromatic nitrogens is 4. The number of carbonyl (C=O) groups is 1. The first-order valence-electron chi connectivity index (χ1n) is 9.36. The van der Waals surface area contributed by atoms with Gasteiger partial charge in [0.05, 0.1) is 0 Å². The molecule has 0 saturated carbocycles. The van der Waals surface area contributed by atoms with Gasteiger partial charge in [0.25, 0.3) is 0 Å². The van der Waals surface area contributed by atoms with Crippen LogP contribution in [0.25, 0.3) is 5.65 Å². The Kier molecular flexibility index (Phi) is 5.20. The zero-order chi connectivity index (χ0) is 22.1. The molecule has 0 unspecified atom stereocenters. The van der Waals surface area contributed by atoms with Crippen LogP contribution in [0.4, 0.5) is 26.1 Å². The van der Waals surface area contributed by atoms with E-state index in [9.17, 15) is 18.4 Å². The van der Waals surface area contributed by atoms with E-state index >= 15 is 0 Å². The molecule has 8 nitrogen and oxygen atoms in total. The summed E-state index contributed by atoms with van der Waals surface area (Å²) < 4.78 is 28.6. The Morgan fingerprint density at radius 1 is 1.00 bits per heavy atom. The Balaban J connectivity index is 1.62. The number of rotatable bonds is 5. The molecule has 0 spiro atoms. The van der Waals surface area contributed by atoms with Crippen LogP contribution in [-0.2, 0) is 11.3 Å². The highest BCUT2D eigenvalue weighted by Crippen LogP contribution is 2.17. The van der Waals surface area contributed by atoms with Crippen molar-refractivity contribution < 1.29 is 13.6 Å². The molecule has 4 rings (SSSR count). The third-order valence-electron chi connectivity index (χ3n) is 4.50. The highest BCUT2D eigenvalue weighted by Gasteiger charge is 2.16. The summed E-state index contributed by atoms with van der Waals surface area (Å²) in [4.78, 5) is 29.6. The number of carbonyl (C=O) groups excluding carboxylic acids is 1. The molecule has 0 aliphatic rings. The van der Waals surface area contributed by atoms with Crippen LogP contribution in [-0.4, -0.2) is 25.1 Å². The summed E-state index contributed by atoms with van der Waals surface area (Å²) in [6.07, 6.45) is 0. The fourth-order valence-corrected chi connectivity index (χ4v) is 3.02. The van der Waals surface area contributed by atoms with Crippen LogP contribution in [0.2, 0.25) is 0 Å². The normalized spacial score (nSPS) is 11.0. The monoisotopic (exact) mass is 424 g/mol. The largest absolute Gasteiger partial charge is 0.353 e. The molecule has 158 valence electrons. The van der Waals surface area contributed by atoms with Gasteiger partial charge >= 0.3 is 5.69 Å². The number of amides is 1. The van der Waals surface area contributed by atoms with E-state index in [1.54, 1.807) is 13.0 Å². The van der Waals surface area contributed by atoms with Crippen LogP contribution >= 0.6 is 0 Å². The van der Waals surface area contributed by atoms with E-state index in [0.717, 1.165) is 28.1 Å². The van der Waals surface area contributed by atoms with Crippen molar-refractivity contribution in [1.29, 1.82) is 0 Å². The van der Waals surface area contributed by atoms with E-state index in [4.69, 9.17) is 0 Å². The summed E-state index contributed by atoms with van der Waals surface area (Å²) in [6, 6.07) is 12.2. The van der Waals surface area contributed by atoms with Gasteiger partial charge in [0, 0.05) is 29.2 Å². The first-order valence-corrected chi connectivity index (χ1v) is 9.36. The van der Waals surface area contributed by atoms with Crippen LogP contribution < -0.4 is 16.3 Å². The lowest BCUT2D eigenvalue weighted by Crippen LogP contribution is -2.29. The SMILES string of the molecule is Cc1ccc(Nc2nc(C)cc3nn(CC(=O)Nc4ccc(F)c(F)c4)c(=O)n23)cc1. The first-order chi connectivity index (χ1) is 14.8. The van der Waals surface area contributed by atoms with Gasteiger partial charge in [-0.1, -0.05) is 17.7 Å². The maximum absolute atomic E-state index is 13.3. The van der Waals surface area contributed by atoms with Crippen molar-refractivity contribution >= 4 is 28.9 Å². The number of hydrogen-bond acceptors (Lipinski definition) is 5. The van der Waals surface area contributed by atoms with Gasteiger partial charge in [-0.15, -0.1) is 5.10 Å². The molecule has 0 saturated heterocycles. The lowest BCUT2D eigenvalue weighted by Gasteiger charge is -2.08. The molecule has 0 atom stereocenters. The third-order valence-corrected chi connectivity index (χ3v) is 4.50. The topological polar surface area (TPSA) is 93.3 Å². The highest BCUT2D eigenvalue weighted by atomic mass is 19.2. The summed E-state index contributed by atoms with van der Waals surface area (Å²) in [5, 5.41) is 9.70. The van der Waals surface area contributed by atoms with E-state index in [-0.39, 0.29) is 11.6 Å². The minimum Gasteiger partial charge on any atom is -0.325 e. The van der Waals surface area contributed by atoms with Crippen molar-refractivity contribution in [1.82, 2.24) is 19.2 Å². The van der Waals surface area contributed by atoms with Gasteiger partial charge in [0.15, 0.2) is 17.3 Å². The summed E-state index contributed by atoms with van der Waals surface area (Å²) in [5.41, 5.74) is 2.27. The van der Waals surface area contributed by atoms with Gasteiger partial charge in [-0.05, 0) is 38.1 Å². The first kappa shape index (κ1) is 20.2. The Morgan fingerprint density at radius 2 is 1.71 bits per heavy atom. The Bertz CT molecular complexity index is 1340. The third kappa shape index (κ3) is 4.27. The summed E-state index contributed by atoms with van der Waals surface area (Å²) in [5.74, 6) is -2.47. The molecule has 2 aromatic carbocycles. The Labute approximate surface area is 175 Å². The van der Waals surface area contributed by atoms with Crippen LogP contribution in [0.15, 0.2) is 53.3 Å². The predicted octanol–water partition coefficient (Wildman–Crippen LogP) is 3.17. The second-order valence-corrected chi connectivity index (χ2v) is 7.02. The summed E-state index contributed by atoms with van der Waals surface area (Å²) >= 11 is 0. The zero-order valence-corrected chi connectivity index (χ0v) is 16.7. The van der Waals surface area contributed by atoms with E-state index < -0.39 is 29.8 Å². The van der Waals surface area contributed by atoms with Crippen molar-refractivity contribution in [2.45, 2.75) is 20.4 Å². The van der Waals surface area contributed by atoms with Crippen molar-refractivity contribution in [3.8, 4) is 0 Å².